The summed E-state index contributed by atoms with van der Waals surface area (Å²) < 4.78 is 14.2. The molecule has 2 aliphatic rings. The zero-order chi connectivity index (χ0) is 21.1. The Labute approximate surface area is 174 Å². The molecule has 158 valence electrons. The van der Waals surface area contributed by atoms with E-state index >= 15 is 0 Å². The minimum atomic E-state index is -0.568. The van der Waals surface area contributed by atoms with Crippen LogP contribution in [0.1, 0.15) is 18.4 Å². The van der Waals surface area contributed by atoms with E-state index in [-0.39, 0.29) is 17.8 Å². The predicted octanol–water partition coefficient (Wildman–Crippen LogP) is 1.74. The number of aryl methyl sites for hydroxylation is 1. The van der Waals surface area contributed by atoms with Crippen LogP contribution in [0.25, 0.3) is 0 Å². The highest BCUT2D eigenvalue weighted by atomic mass is 19.1. The fourth-order valence-electron chi connectivity index (χ4n) is 4.01. The molecule has 2 heterocycles. The van der Waals surface area contributed by atoms with Gasteiger partial charge in [0.2, 0.25) is 5.95 Å². The Hall–Kier alpha value is -3.00. The lowest BCUT2D eigenvalue weighted by molar-refractivity contribution is 0.564. The molecule has 9 heteroatoms. The average Bonchev–Trinajstić information content (AvgIpc) is 3.10. The highest BCUT2D eigenvalue weighted by molar-refractivity contribution is 5.64. The zero-order valence-electron chi connectivity index (χ0n) is 16.9. The van der Waals surface area contributed by atoms with Crippen molar-refractivity contribution in [2.75, 3.05) is 41.7 Å². The number of nitrogens with one attached hydrogen (secondary N) is 3. The van der Waals surface area contributed by atoms with Crippen molar-refractivity contribution in [2.24, 2.45) is 5.73 Å². The average molecular weight is 411 g/mol. The Morgan fingerprint density at radius 2 is 2.13 bits per heavy atom. The number of piperazine rings is 1. The van der Waals surface area contributed by atoms with E-state index < -0.39 is 11.9 Å². The first kappa shape index (κ1) is 20.3. The molecule has 2 fully saturated rings. The lowest BCUT2D eigenvalue weighted by Gasteiger charge is -2.30. The molecule has 2 atom stereocenters. The second-order valence-electron chi connectivity index (χ2n) is 7.70. The second kappa shape index (κ2) is 8.79. The number of rotatable bonds is 5. The van der Waals surface area contributed by atoms with Crippen molar-refractivity contribution < 1.29 is 9.18 Å². The monoisotopic (exact) mass is 411 g/mol. The highest BCUT2D eigenvalue weighted by Gasteiger charge is 2.30. The van der Waals surface area contributed by atoms with Crippen molar-refractivity contribution in [1.82, 2.24) is 15.3 Å². The molecular formula is C21H26FN7O. The van der Waals surface area contributed by atoms with Gasteiger partial charge in [-0.2, -0.15) is 4.98 Å². The zero-order valence-corrected chi connectivity index (χ0v) is 16.9. The molecule has 0 spiro atoms. The maximum atomic E-state index is 14.2. The Bertz CT molecular complexity index is 970. The van der Waals surface area contributed by atoms with Crippen LogP contribution < -0.4 is 26.6 Å². The summed E-state index contributed by atoms with van der Waals surface area (Å²) in [6, 6.07) is 5.33. The summed E-state index contributed by atoms with van der Waals surface area (Å²) in [5.74, 6) is 1.66. The number of nitrogens with two attached hydrogens (primary N) is 1. The number of carbonyl (C=O) groups excluding carboxylic acids is 1. The van der Waals surface area contributed by atoms with Crippen LogP contribution >= 0.6 is 0 Å². The third kappa shape index (κ3) is 4.28. The molecule has 4 rings (SSSR count). The lowest BCUT2D eigenvalue weighted by atomic mass is 10.1. The predicted molar refractivity (Wildman–Crippen MR) is 115 cm³/mol. The number of hydrogen-bond donors (Lipinski definition) is 4. The summed E-state index contributed by atoms with van der Waals surface area (Å²) in [5.41, 5.74) is 9.73. The summed E-state index contributed by atoms with van der Waals surface area (Å²) in [5, 5.41) is 9.51. The van der Waals surface area contributed by atoms with Gasteiger partial charge in [-0.1, -0.05) is 0 Å². The summed E-state index contributed by atoms with van der Waals surface area (Å²) in [6.45, 7) is 5.99. The smallest absolute Gasteiger partial charge is 0.229 e. The van der Waals surface area contributed by atoms with Gasteiger partial charge in [-0.25, -0.2) is 14.2 Å². The third-order valence-electron chi connectivity index (χ3n) is 5.67. The van der Waals surface area contributed by atoms with E-state index in [2.05, 4.69) is 43.8 Å². The lowest BCUT2D eigenvalue weighted by Crippen LogP contribution is -2.43. The third-order valence-corrected chi connectivity index (χ3v) is 5.67. The maximum absolute atomic E-state index is 14.2. The molecule has 0 radical (unpaired) electrons. The van der Waals surface area contributed by atoms with E-state index in [4.69, 9.17) is 5.73 Å². The van der Waals surface area contributed by atoms with E-state index in [1.807, 2.05) is 18.1 Å². The second-order valence-corrected chi connectivity index (χ2v) is 7.70. The number of nitrogens with zero attached hydrogens (tertiary/aromatic N) is 3. The van der Waals surface area contributed by atoms with Crippen molar-refractivity contribution in [3.8, 4) is 0 Å². The first-order valence-electron chi connectivity index (χ1n) is 10.2. The molecule has 8 nitrogen and oxygen atoms in total. The van der Waals surface area contributed by atoms with E-state index in [0.717, 1.165) is 43.6 Å². The number of aromatic nitrogens is 2. The van der Waals surface area contributed by atoms with Crippen LogP contribution in [0.3, 0.4) is 0 Å². The van der Waals surface area contributed by atoms with Gasteiger partial charge in [0, 0.05) is 49.2 Å². The van der Waals surface area contributed by atoms with Gasteiger partial charge >= 0.3 is 0 Å². The van der Waals surface area contributed by atoms with Gasteiger partial charge in [0.25, 0.3) is 0 Å². The number of halogens is 1. The summed E-state index contributed by atoms with van der Waals surface area (Å²) >= 11 is 0. The van der Waals surface area contributed by atoms with E-state index in [1.165, 1.54) is 5.69 Å². The van der Waals surface area contributed by atoms with Gasteiger partial charge in [0.05, 0.1) is 12.2 Å². The number of benzene rings is 1. The van der Waals surface area contributed by atoms with Crippen LogP contribution in [-0.4, -0.2) is 54.2 Å². The largest absolute Gasteiger partial charge is 0.369 e. The normalized spacial score (nSPS) is 21.4. The van der Waals surface area contributed by atoms with Crippen molar-refractivity contribution in [3.63, 3.8) is 0 Å². The standard InChI is InChI=1S/C21H26FN7O/c1-13-10-15(3-5-18(13)29-8-6-24-7-9-29)26-21-25-11-16(22)20(28-21)27-17-4-2-14(12-30)19(17)23/h3,5,10-11,17,19,24H,2,4,6-9,23H2,1H3,(H2,25,26,27,28). The van der Waals surface area contributed by atoms with Crippen molar-refractivity contribution >= 4 is 29.1 Å². The van der Waals surface area contributed by atoms with Crippen LogP contribution in [0.4, 0.5) is 27.5 Å². The van der Waals surface area contributed by atoms with Gasteiger partial charge in [0.1, 0.15) is 5.94 Å². The van der Waals surface area contributed by atoms with Crippen molar-refractivity contribution in [2.45, 2.75) is 31.8 Å². The van der Waals surface area contributed by atoms with Crippen LogP contribution in [-0.2, 0) is 4.79 Å². The molecule has 1 aliphatic heterocycles. The van der Waals surface area contributed by atoms with Gasteiger partial charge in [-0.05, 0) is 43.5 Å². The number of hydrogen-bond acceptors (Lipinski definition) is 8. The van der Waals surface area contributed by atoms with E-state index in [0.29, 0.717) is 18.4 Å². The molecule has 5 N–H and O–H groups in total. The molecule has 0 bridgehead atoms. The van der Waals surface area contributed by atoms with Gasteiger partial charge in [0.15, 0.2) is 11.6 Å². The molecule has 2 aromatic rings. The summed E-state index contributed by atoms with van der Waals surface area (Å²) in [4.78, 5) is 21.6. The first-order chi connectivity index (χ1) is 14.5. The Morgan fingerprint density at radius 1 is 1.33 bits per heavy atom. The minimum Gasteiger partial charge on any atom is -0.369 e. The molecule has 2 unspecified atom stereocenters. The maximum Gasteiger partial charge on any atom is 0.229 e. The first-order valence-corrected chi connectivity index (χ1v) is 10.2. The number of anilines is 4. The molecule has 30 heavy (non-hydrogen) atoms. The van der Waals surface area contributed by atoms with Crippen LogP contribution in [0, 0.1) is 12.7 Å². The highest BCUT2D eigenvalue weighted by Crippen LogP contribution is 2.27. The topological polar surface area (TPSA) is 108 Å². The quantitative estimate of drug-likeness (QED) is 0.551. The van der Waals surface area contributed by atoms with Crippen molar-refractivity contribution in [1.29, 1.82) is 0 Å². The van der Waals surface area contributed by atoms with Gasteiger partial charge in [-0.3, -0.25) is 0 Å². The fraction of sp³-hybridized carbons (Fsp3) is 0.429. The summed E-state index contributed by atoms with van der Waals surface area (Å²) in [7, 11) is 0. The SMILES string of the molecule is Cc1cc(Nc2ncc(F)c(NC3CCC(=C=O)C3N)n2)ccc1N1CCNCC1. The molecule has 1 saturated heterocycles. The van der Waals surface area contributed by atoms with E-state index in [1.54, 1.807) is 0 Å². The molecule has 1 aromatic carbocycles. The Balaban J connectivity index is 1.48. The van der Waals surface area contributed by atoms with Gasteiger partial charge in [-0.15, -0.1) is 0 Å². The van der Waals surface area contributed by atoms with Gasteiger partial charge < -0.3 is 26.6 Å². The molecule has 0 amide bonds. The Kier molecular flexibility index (Phi) is 5.94. The summed E-state index contributed by atoms with van der Waals surface area (Å²) in [6.07, 6.45) is 2.31. The molecular weight excluding hydrogens is 385 g/mol. The fourth-order valence-corrected chi connectivity index (χ4v) is 4.01. The van der Waals surface area contributed by atoms with E-state index in [9.17, 15) is 9.18 Å². The van der Waals surface area contributed by atoms with Crippen LogP contribution in [0.5, 0.6) is 0 Å². The van der Waals surface area contributed by atoms with Crippen LogP contribution in [0.15, 0.2) is 30.0 Å². The van der Waals surface area contributed by atoms with Crippen molar-refractivity contribution in [3.05, 3.63) is 41.3 Å². The Morgan fingerprint density at radius 3 is 2.83 bits per heavy atom. The van der Waals surface area contributed by atoms with Crippen LogP contribution in [0.2, 0.25) is 0 Å². The molecule has 1 aromatic heterocycles. The molecule has 1 aliphatic carbocycles. The minimum absolute atomic E-state index is 0.0641. The molecule has 1 saturated carbocycles.